The van der Waals surface area contributed by atoms with Crippen molar-refractivity contribution in [3.8, 4) is 0 Å². The molecule has 0 saturated heterocycles. The van der Waals surface area contributed by atoms with Gasteiger partial charge in [-0.2, -0.15) is 5.10 Å². The SMILES string of the molecule is Cc1nn(C)cc1NC(=O)c1ccc(CBr)cc1. The van der Waals surface area contributed by atoms with Crippen molar-refractivity contribution in [2.45, 2.75) is 12.3 Å². The van der Waals surface area contributed by atoms with Crippen LogP contribution in [0.3, 0.4) is 0 Å². The summed E-state index contributed by atoms with van der Waals surface area (Å²) in [6.45, 7) is 1.86. The second-order valence-electron chi connectivity index (χ2n) is 4.09. The molecule has 0 saturated carbocycles. The molecular weight excluding hydrogens is 294 g/mol. The van der Waals surface area contributed by atoms with E-state index in [9.17, 15) is 4.79 Å². The van der Waals surface area contributed by atoms with Crippen LogP contribution in [0.1, 0.15) is 21.6 Å². The number of carbonyl (C=O) groups excluding carboxylic acids is 1. The van der Waals surface area contributed by atoms with E-state index in [1.54, 1.807) is 10.9 Å². The third-order valence-corrected chi connectivity index (χ3v) is 3.28. The summed E-state index contributed by atoms with van der Waals surface area (Å²) in [5, 5.41) is 7.82. The van der Waals surface area contributed by atoms with Crippen molar-refractivity contribution in [2.24, 2.45) is 7.05 Å². The number of nitrogens with zero attached hydrogens (tertiary/aromatic N) is 2. The summed E-state index contributed by atoms with van der Waals surface area (Å²) in [4.78, 5) is 12.0. The molecule has 0 unspecified atom stereocenters. The van der Waals surface area contributed by atoms with Crippen LogP contribution >= 0.6 is 15.9 Å². The molecule has 1 aromatic heterocycles. The van der Waals surface area contributed by atoms with Gasteiger partial charge in [-0.15, -0.1) is 0 Å². The number of hydrogen-bond donors (Lipinski definition) is 1. The van der Waals surface area contributed by atoms with Gasteiger partial charge >= 0.3 is 0 Å². The van der Waals surface area contributed by atoms with Crippen molar-refractivity contribution in [3.63, 3.8) is 0 Å². The first kappa shape index (κ1) is 12.8. The fourth-order valence-electron chi connectivity index (χ4n) is 1.66. The number of carbonyl (C=O) groups is 1. The minimum atomic E-state index is -0.118. The van der Waals surface area contributed by atoms with Gasteiger partial charge in [0.25, 0.3) is 5.91 Å². The molecule has 1 amide bonds. The number of benzene rings is 1. The van der Waals surface area contributed by atoms with E-state index in [4.69, 9.17) is 0 Å². The molecule has 2 aromatic rings. The number of aryl methyl sites for hydroxylation is 2. The Labute approximate surface area is 114 Å². The van der Waals surface area contributed by atoms with Crippen molar-refractivity contribution in [1.82, 2.24) is 9.78 Å². The molecule has 0 aliphatic rings. The zero-order valence-corrected chi connectivity index (χ0v) is 11.9. The summed E-state index contributed by atoms with van der Waals surface area (Å²) in [5.41, 5.74) is 3.34. The molecule has 0 bridgehead atoms. The molecule has 18 heavy (non-hydrogen) atoms. The van der Waals surface area contributed by atoms with Crippen molar-refractivity contribution in [3.05, 3.63) is 47.3 Å². The predicted octanol–water partition coefficient (Wildman–Crippen LogP) is 2.88. The van der Waals surface area contributed by atoms with Crippen LogP contribution in [-0.4, -0.2) is 15.7 Å². The van der Waals surface area contributed by atoms with Crippen molar-refractivity contribution in [1.29, 1.82) is 0 Å². The van der Waals surface area contributed by atoms with Gasteiger partial charge < -0.3 is 5.32 Å². The summed E-state index contributed by atoms with van der Waals surface area (Å²) in [7, 11) is 1.83. The van der Waals surface area contributed by atoms with Crippen LogP contribution in [-0.2, 0) is 12.4 Å². The minimum absolute atomic E-state index is 0.118. The molecule has 2 rings (SSSR count). The number of amides is 1. The number of hydrogen-bond acceptors (Lipinski definition) is 2. The normalized spacial score (nSPS) is 10.4. The number of rotatable bonds is 3. The second-order valence-corrected chi connectivity index (χ2v) is 4.65. The fourth-order valence-corrected chi connectivity index (χ4v) is 2.04. The lowest BCUT2D eigenvalue weighted by Gasteiger charge is -2.04. The van der Waals surface area contributed by atoms with Crippen LogP contribution in [0.25, 0.3) is 0 Å². The highest BCUT2D eigenvalue weighted by molar-refractivity contribution is 9.08. The second kappa shape index (κ2) is 5.35. The number of anilines is 1. The van der Waals surface area contributed by atoms with E-state index >= 15 is 0 Å². The van der Waals surface area contributed by atoms with Crippen LogP contribution in [0.15, 0.2) is 30.5 Å². The Morgan fingerprint density at radius 2 is 2.06 bits per heavy atom. The van der Waals surface area contributed by atoms with Gasteiger partial charge in [0.2, 0.25) is 0 Å². The van der Waals surface area contributed by atoms with Gasteiger partial charge in [-0.25, -0.2) is 0 Å². The molecule has 0 spiro atoms. The highest BCUT2D eigenvalue weighted by Gasteiger charge is 2.09. The first-order valence-electron chi connectivity index (χ1n) is 5.56. The third-order valence-electron chi connectivity index (χ3n) is 2.63. The molecule has 0 aliphatic carbocycles. The molecule has 0 atom stereocenters. The molecular formula is C13H14BrN3O. The quantitative estimate of drug-likeness (QED) is 0.886. The minimum Gasteiger partial charge on any atom is -0.319 e. The fraction of sp³-hybridized carbons (Fsp3) is 0.231. The van der Waals surface area contributed by atoms with Gasteiger partial charge in [0.1, 0.15) is 0 Å². The lowest BCUT2D eigenvalue weighted by Crippen LogP contribution is -2.12. The van der Waals surface area contributed by atoms with E-state index in [2.05, 4.69) is 26.3 Å². The first-order chi connectivity index (χ1) is 8.60. The Kier molecular flexibility index (Phi) is 3.81. The average Bonchev–Trinajstić information content (AvgIpc) is 2.68. The molecule has 5 heteroatoms. The summed E-state index contributed by atoms with van der Waals surface area (Å²) >= 11 is 3.37. The zero-order valence-electron chi connectivity index (χ0n) is 10.3. The van der Waals surface area contributed by atoms with Crippen molar-refractivity contribution >= 4 is 27.5 Å². The lowest BCUT2D eigenvalue weighted by atomic mass is 10.1. The molecule has 0 fully saturated rings. The van der Waals surface area contributed by atoms with Crippen LogP contribution in [0.4, 0.5) is 5.69 Å². The van der Waals surface area contributed by atoms with Gasteiger partial charge in [0.15, 0.2) is 0 Å². The zero-order chi connectivity index (χ0) is 13.1. The lowest BCUT2D eigenvalue weighted by molar-refractivity contribution is 0.102. The Morgan fingerprint density at radius 3 is 2.56 bits per heavy atom. The van der Waals surface area contributed by atoms with Gasteiger partial charge in [0, 0.05) is 24.1 Å². The van der Waals surface area contributed by atoms with Crippen molar-refractivity contribution in [2.75, 3.05) is 5.32 Å². The third kappa shape index (κ3) is 2.79. The van der Waals surface area contributed by atoms with Crippen LogP contribution in [0, 0.1) is 6.92 Å². The van der Waals surface area contributed by atoms with E-state index in [1.807, 2.05) is 38.2 Å². The van der Waals surface area contributed by atoms with E-state index in [0.29, 0.717) is 5.56 Å². The Balaban J connectivity index is 2.14. The van der Waals surface area contributed by atoms with Crippen LogP contribution in [0.5, 0.6) is 0 Å². The standard InChI is InChI=1S/C13H14BrN3O/c1-9-12(8-17(2)16-9)15-13(18)11-5-3-10(7-14)4-6-11/h3-6,8H,7H2,1-2H3,(H,15,18). The number of alkyl halides is 1. The highest BCUT2D eigenvalue weighted by Crippen LogP contribution is 2.14. The Bertz CT molecular complexity index is 560. The maximum Gasteiger partial charge on any atom is 0.255 e. The summed E-state index contributed by atoms with van der Waals surface area (Å²) in [6, 6.07) is 7.49. The Morgan fingerprint density at radius 1 is 1.39 bits per heavy atom. The number of nitrogens with one attached hydrogen (secondary N) is 1. The van der Waals surface area contributed by atoms with Gasteiger partial charge in [-0.1, -0.05) is 28.1 Å². The molecule has 94 valence electrons. The number of aromatic nitrogens is 2. The highest BCUT2D eigenvalue weighted by atomic mass is 79.9. The number of halogens is 1. The van der Waals surface area contributed by atoms with E-state index < -0.39 is 0 Å². The topological polar surface area (TPSA) is 46.9 Å². The molecule has 1 N–H and O–H groups in total. The van der Waals surface area contributed by atoms with Gasteiger partial charge in [-0.3, -0.25) is 9.48 Å². The Hall–Kier alpha value is -1.62. The predicted molar refractivity (Wildman–Crippen MR) is 75.0 cm³/mol. The first-order valence-corrected chi connectivity index (χ1v) is 6.69. The van der Waals surface area contributed by atoms with Gasteiger partial charge in [0.05, 0.1) is 11.4 Å². The van der Waals surface area contributed by atoms with Crippen LogP contribution < -0.4 is 5.32 Å². The van der Waals surface area contributed by atoms with E-state index in [0.717, 1.165) is 22.3 Å². The average molecular weight is 308 g/mol. The molecule has 0 radical (unpaired) electrons. The van der Waals surface area contributed by atoms with Gasteiger partial charge in [-0.05, 0) is 24.6 Å². The monoisotopic (exact) mass is 307 g/mol. The summed E-state index contributed by atoms with van der Waals surface area (Å²) in [6.07, 6.45) is 1.79. The smallest absolute Gasteiger partial charge is 0.255 e. The molecule has 1 heterocycles. The maximum absolute atomic E-state index is 12.0. The molecule has 1 aromatic carbocycles. The largest absolute Gasteiger partial charge is 0.319 e. The molecule has 0 aliphatic heterocycles. The van der Waals surface area contributed by atoms with Crippen molar-refractivity contribution < 1.29 is 4.79 Å². The van der Waals surface area contributed by atoms with E-state index in [-0.39, 0.29) is 5.91 Å². The summed E-state index contributed by atoms with van der Waals surface area (Å²) in [5.74, 6) is -0.118. The maximum atomic E-state index is 12.0. The van der Waals surface area contributed by atoms with E-state index in [1.165, 1.54) is 0 Å². The molecule has 4 nitrogen and oxygen atoms in total. The van der Waals surface area contributed by atoms with Crippen LogP contribution in [0.2, 0.25) is 0 Å². The summed E-state index contributed by atoms with van der Waals surface area (Å²) < 4.78 is 1.68.